The highest BCUT2D eigenvalue weighted by atomic mass is 16.6. The van der Waals surface area contributed by atoms with E-state index in [-0.39, 0.29) is 22.9 Å². The Balaban J connectivity index is 1.35. The van der Waals surface area contributed by atoms with Crippen molar-refractivity contribution in [2.75, 3.05) is 0 Å². The van der Waals surface area contributed by atoms with Gasteiger partial charge < -0.3 is 19.8 Å². The molecule has 1 saturated heterocycles. The third-order valence-electron chi connectivity index (χ3n) is 12.6. The molecule has 0 aromatic heterocycles. The minimum Gasteiger partial charge on any atom is -0.391 e. The second-order valence-corrected chi connectivity index (χ2v) is 16.1. The lowest BCUT2D eigenvalue weighted by Gasteiger charge is -2.54. The summed E-state index contributed by atoms with van der Waals surface area (Å²) in [6.45, 7) is 18.4. The molecule has 3 aliphatic carbocycles. The van der Waals surface area contributed by atoms with Crippen LogP contribution in [0.4, 0.5) is 0 Å². The molecule has 1 heterocycles. The Morgan fingerprint density at radius 2 is 1.57 bits per heavy atom. The van der Waals surface area contributed by atoms with Crippen molar-refractivity contribution in [1.29, 1.82) is 0 Å². The van der Waals surface area contributed by atoms with Crippen LogP contribution in [0.25, 0.3) is 0 Å². The summed E-state index contributed by atoms with van der Waals surface area (Å²) in [5, 5.41) is 27.8. The van der Waals surface area contributed by atoms with E-state index in [4.69, 9.17) is 9.57 Å². The van der Waals surface area contributed by atoms with Gasteiger partial charge >= 0.3 is 0 Å². The van der Waals surface area contributed by atoms with Gasteiger partial charge in [-0.15, -0.1) is 0 Å². The Labute approximate surface area is 255 Å². The quantitative estimate of drug-likeness (QED) is 0.263. The number of rotatable bonds is 6. The summed E-state index contributed by atoms with van der Waals surface area (Å²) in [7, 11) is 0. The molecule has 42 heavy (non-hydrogen) atoms. The Morgan fingerprint density at radius 3 is 2.29 bits per heavy atom. The minimum absolute atomic E-state index is 0.0626. The number of ether oxygens (including phenoxy) is 1. The van der Waals surface area contributed by atoms with Crippen LogP contribution >= 0.6 is 0 Å². The summed E-state index contributed by atoms with van der Waals surface area (Å²) in [5.74, 6) is 1.40. The third kappa shape index (κ3) is 5.87. The number of hydrogen-bond donors (Lipinski definition) is 2. The molecule has 0 bridgehead atoms. The summed E-state index contributed by atoms with van der Waals surface area (Å²) in [6.07, 6.45) is 10.8. The van der Waals surface area contributed by atoms with Crippen molar-refractivity contribution >= 4 is 5.71 Å². The molecule has 1 aromatic rings. The number of fused-ring (bicyclic) bond motifs is 2. The maximum atomic E-state index is 11.9. The van der Waals surface area contributed by atoms with Crippen molar-refractivity contribution in [1.82, 2.24) is 0 Å². The number of allylic oxidation sites excluding steroid dienone is 2. The molecule has 3 fully saturated rings. The van der Waals surface area contributed by atoms with E-state index in [2.05, 4.69) is 78.8 Å². The first-order valence-corrected chi connectivity index (χ1v) is 16.6. The lowest BCUT2D eigenvalue weighted by molar-refractivity contribution is -0.188. The van der Waals surface area contributed by atoms with E-state index in [0.29, 0.717) is 24.4 Å². The molecular weight excluding hydrogens is 522 g/mol. The number of nitrogens with zero attached hydrogens (tertiary/aromatic N) is 1. The van der Waals surface area contributed by atoms with Crippen molar-refractivity contribution in [3.63, 3.8) is 0 Å². The van der Waals surface area contributed by atoms with Crippen molar-refractivity contribution in [3.8, 4) is 0 Å². The van der Waals surface area contributed by atoms with E-state index >= 15 is 0 Å². The van der Waals surface area contributed by atoms with Crippen LogP contribution in [0.2, 0.25) is 0 Å². The van der Waals surface area contributed by atoms with E-state index in [1.807, 2.05) is 18.2 Å². The fraction of sp³-hybridized carbons (Fsp3) is 0.757. The van der Waals surface area contributed by atoms with Crippen LogP contribution in [0, 0.1) is 34.5 Å². The average molecular weight is 580 g/mol. The number of hydrogen-bond acceptors (Lipinski definition) is 5. The molecule has 2 N–H and O–H groups in total. The van der Waals surface area contributed by atoms with Gasteiger partial charge in [0.15, 0.2) is 0 Å². The zero-order valence-electron chi connectivity index (χ0n) is 27.6. The van der Waals surface area contributed by atoms with Gasteiger partial charge in [0.25, 0.3) is 0 Å². The first-order valence-electron chi connectivity index (χ1n) is 16.6. The van der Waals surface area contributed by atoms with Crippen molar-refractivity contribution < 1.29 is 19.8 Å². The molecule has 5 rings (SSSR count). The molecule has 0 unspecified atom stereocenters. The largest absolute Gasteiger partial charge is 0.391 e. The van der Waals surface area contributed by atoms with Gasteiger partial charge in [-0.05, 0) is 132 Å². The van der Waals surface area contributed by atoms with Crippen LogP contribution in [-0.2, 0) is 16.2 Å². The smallest absolute Gasteiger partial charge is 0.142 e. The summed E-state index contributed by atoms with van der Waals surface area (Å²) >= 11 is 0. The summed E-state index contributed by atoms with van der Waals surface area (Å²) < 4.78 is 6.94. The first kappa shape index (κ1) is 31.7. The number of aliphatic hydroxyl groups is 2. The molecule has 2 saturated carbocycles. The SMILES string of the molecule is CC1=CC[C@H]2[C@H](CC[C@]2(C)O)C(C)(C)[C@@H]1CC[C@H]1[C@]2(C)CC/C(=N/OCc3ccccc3)C(C)(C)O[C@H]2CC[C@@]1(C)O. The lowest BCUT2D eigenvalue weighted by atomic mass is 9.55. The molecule has 1 aliphatic heterocycles. The van der Waals surface area contributed by atoms with Crippen molar-refractivity contribution in [2.24, 2.45) is 39.7 Å². The normalized spacial score (nSPS) is 42.2. The van der Waals surface area contributed by atoms with Gasteiger partial charge in [-0.25, -0.2) is 0 Å². The predicted octanol–water partition coefficient (Wildman–Crippen LogP) is 8.23. The van der Waals surface area contributed by atoms with Gasteiger partial charge in [0, 0.05) is 0 Å². The molecule has 4 aliphatic rings. The zero-order valence-corrected chi connectivity index (χ0v) is 27.6. The van der Waals surface area contributed by atoms with E-state index in [1.165, 1.54) is 5.57 Å². The van der Waals surface area contributed by atoms with Crippen LogP contribution in [0.3, 0.4) is 0 Å². The second kappa shape index (κ2) is 11.3. The van der Waals surface area contributed by atoms with E-state index in [9.17, 15) is 10.2 Å². The van der Waals surface area contributed by atoms with Gasteiger partial charge in [-0.1, -0.05) is 67.9 Å². The fourth-order valence-electron chi connectivity index (χ4n) is 9.87. The molecular formula is C37H57NO4. The van der Waals surface area contributed by atoms with E-state index < -0.39 is 16.8 Å². The zero-order chi connectivity index (χ0) is 30.6. The molecule has 5 heteroatoms. The van der Waals surface area contributed by atoms with Crippen LogP contribution in [0.5, 0.6) is 0 Å². The molecule has 1 aromatic carbocycles. The maximum Gasteiger partial charge on any atom is 0.142 e. The standard InChI is InChI=1S/C37H57NO4/c1-25-14-15-29-28(18-22-36(29,7)39)33(2,3)27(25)16-17-30-35(6)21-19-31(38-41-24-26-12-10-9-11-13-26)34(4,5)42-32(35)20-23-37(30,8)40/h9-14,27-30,32,39-40H,15-24H2,1-8H3/b38-31-/t27-,28+,29+,30+,32+,35+,36+,37-/m1/s1. The monoisotopic (exact) mass is 579 g/mol. The molecule has 0 spiro atoms. The summed E-state index contributed by atoms with van der Waals surface area (Å²) in [6, 6.07) is 10.2. The van der Waals surface area contributed by atoms with E-state index in [1.54, 1.807) is 0 Å². The van der Waals surface area contributed by atoms with Gasteiger partial charge in [0.2, 0.25) is 0 Å². The Bertz CT molecular complexity index is 1170. The van der Waals surface area contributed by atoms with Crippen LogP contribution in [-0.4, -0.2) is 38.8 Å². The van der Waals surface area contributed by atoms with Gasteiger partial charge in [0.05, 0.1) is 23.0 Å². The molecule has 5 nitrogen and oxygen atoms in total. The second-order valence-electron chi connectivity index (χ2n) is 16.1. The Kier molecular flexibility index (Phi) is 8.57. The van der Waals surface area contributed by atoms with Crippen molar-refractivity contribution in [2.45, 2.75) is 143 Å². The predicted molar refractivity (Wildman–Crippen MR) is 170 cm³/mol. The molecule has 0 radical (unpaired) electrons. The van der Waals surface area contributed by atoms with Gasteiger partial charge in [-0.3, -0.25) is 0 Å². The number of oxime groups is 1. The third-order valence-corrected chi connectivity index (χ3v) is 12.6. The fourth-order valence-corrected chi connectivity index (χ4v) is 9.87. The van der Waals surface area contributed by atoms with Crippen LogP contribution in [0.15, 0.2) is 47.1 Å². The Hall–Kier alpha value is -1.69. The average Bonchev–Trinajstić information content (AvgIpc) is 3.12. The van der Waals surface area contributed by atoms with Crippen LogP contribution in [0.1, 0.15) is 119 Å². The molecule has 234 valence electrons. The first-order chi connectivity index (χ1) is 19.6. The highest BCUT2D eigenvalue weighted by molar-refractivity contribution is 5.91. The van der Waals surface area contributed by atoms with Crippen molar-refractivity contribution in [3.05, 3.63) is 47.5 Å². The minimum atomic E-state index is -0.740. The Morgan fingerprint density at radius 1 is 0.881 bits per heavy atom. The summed E-state index contributed by atoms with van der Waals surface area (Å²) in [5.41, 5.74) is 1.61. The molecule has 0 amide bonds. The van der Waals surface area contributed by atoms with Gasteiger partial charge in [0.1, 0.15) is 12.2 Å². The highest BCUT2D eigenvalue weighted by Crippen LogP contribution is 2.59. The van der Waals surface area contributed by atoms with E-state index in [0.717, 1.165) is 69.1 Å². The highest BCUT2D eigenvalue weighted by Gasteiger charge is 2.57. The summed E-state index contributed by atoms with van der Waals surface area (Å²) in [4.78, 5) is 5.86. The number of benzene rings is 1. The molecule has 8 atom stereocenters. The van der Waals surface area contributed by atoms with Crippen LogP contribution < -0.4 is 0 Å². The maximum absolute atomic E-state index is 11.9. The lowest BCUT2D eigenvalue weighted by Crippen LogP contribution is -2.56. The topological polar surface area (TPSA) is 71.3 Å². The van der Waals surface area contributed by atoms with Gasteiger partial charge in [-0.2, -0.15) is 0 Å².